The van der Waals surface area contributed by atoms with Crippen LogP contribution in [0.15, 0.2) is 18.7 Å². The summed E-state index contributed by atoms with van der Waals surface area (Å²) in [6.45, 7) is 2.10. The Bertz CT molecular complexity index is 535. The molecule has 1 amide bonds. The Labute approximate surface area is 131 Å². The highest BCUT2D eigenvalue weighted by atomic mass is 16.2. The van der Waals surface area contributed by atoms with E-state index in [0.717, 1.165) is 38.8 Å². The van der Waals surface area contributed by atoms with E-state index in [-0.39, 0.29) is 11.9 Å². The van der Waals surface area contributed by atoms with Gasteiger partial charge >= 0.3 is 0 Å². The molecule has 1 N–H and O–H groups in total. The maximum Gasteiger partial charge on any atom is 0.237 e. The lowest BCUT2D eigenvalue weighted by Crippen LogP contribution is -2.42. The molecule has 118 valence electrons. The third kappa shape index (κ3) is 3.47. The van der Waals surface area contributed by atoms with Gasteiger partial charge in [-0.1, -0.05) is 0 Å². The van der Waals surface area contributed by atoms with Crippen LogP contribution in [0.3, 0.4) is 0 Å². The summed E-state index contributed by atoms with van der Waals surface area (Å²) in [4.78, 5) is 18.0. The lowest BCUT2D eigenvalue weighted by atomic mass is 10.1. The van der Waals surface area contributed by atoms with Crippen LogP contribution in [0.1, 0.15) is 32.1 Å². The summed E-state index contributed by atoms with van der Waals surface area (Å²) in [6.07, 6.45) is 10.8. The van der Waals surface area contributed by atoms with E-state index in [1.165, 1.54) is 6.42 Å². The molecule has 0 spiro atoms. The predicted octanol–water partition coefficient (Wildman–Crippen LogP) is 1.16. The zero-order valence-corrected chi connectivity index (χ0v) is 12.8. The molecule has 1 aromatic heterocycles. The first-order chi connectivity index (χ1) is 10.8. The number of aromatic nitrogens is 2. The second-order valence-corrected chi connectivity index (χ2v) is 6.39. The second kappa shape index (κ2) is 6.93. The minimum absolute atomic E-state index is 0.0714. The molecular weight excluding hydrogens is 278 g/mol. The van der Waals surface area contributed by atoms with Gasteiger partial charge in [-0.15, -0.1) is 0 Å². The van der Waals surface area contributed by atoms with E-state index in [4.69, 9.17) is 5.26 Å². The third-order valence-corrected chi connectivity index (χ3v) is 4.83. The molecule has 2 fully saturated rings. The number of carbonyl (C=O) groups is 1. The van der Waals surface area contributed by atoms with Gasteiger partial charge in [0.15, 0.2) is 0 Å². The van der Waals surface area contributed by atoms with Gasteiger partial charge in [0.2, 0.25) is 5.91 Å². The minimum atomic E-state index is -0.216. The summed E-state index contributed by atoms with van der Waals surface area (Å²) < 4.78 is 2.12. The smallest absolute Gasteiger partial charge is 0.237 e. The number of carbonyl (C=O) groups excluding carboxylic acids is 1. The van der Waals surface area contributed by atoms with Crippen molar-refractivity contribution in [3.8, 4) is 6.07 Å². The lowest BCUT2D eigenvalue weighted by molar-refractivity contribution is -0.130. The van der Waals surface area contributed by atoms with Gasteiger partial charge < -0.3 is 14.8 Å². The molecule has 0 radical (unpaired) electrons. The van der Waals surface area contributed by atoms with Gasteiger partial charge in [0.05, 0.1) is 18.9 Å². The quantitative estimate of drug-likeness (QED) is 0.885. The van der Waals surface area contributed by atoms with Crippen LogP contribution in [0.4, 0.5) is 0 Å². The maximum atomic E-state index is 12.2. The third-order valence-electron chi connectivity index (χ3n) is 4.83. The molecule has 0 bridgehead atoms. The van der Waals surface area contributed by atoms with E-state index in [9.17, 15) is 4.79 Å². The molecule has 1 saturated carbocycles. The van der Waals surface area contributed by atoms with Crippen LogP contribution in [-0.4, -0.2) is 45.5 Å². The van der Waals surface area contributed by atoms with Crippen molar-refractivity contribution in [2.24, 2.45) is 5.92 Å². The van der Waals surface area contributed by atoms with Gasteiger partial charge in [0.25, 0.3) is 0 Å². The van der Waals surface area contributed by atoms with E-state index in [1.807, 2.05) is 18.7 Å². The van der Waals surface area contributed by atoms with Crippen molar-refractivity contribution in [3.63, 3.8) is 0 Å². The van der Waals surface area contributed by atoms with Gasteiger partial charge in [-0.05, 0) is 38.0 Å². The molecule has 22 heavy (non-hydrogen) atoms. The van der Waals surface area contributed by atoms with Crippen LogP contribution in [0.25, 0.3) is 0 Å². The summed E-state index contributed by atoms with van der Waals surface area (Å²) in [5.74, 6) is 0.725. The number of nitrogens with one attached hydrogen (secondary N) is 1. The molecule has 3 unspecified atom stereocenters. The Balaban J connectivity index is 1.41. The van der Waals surface area contributed by atoms with Gasteiger partial charge in [-0.25, -0.2) is 4.98 Å². The fourth-order valence-electron chi connectivity index (χ4n) is 3.65. The molecule has 2 aliphatic rings. The SMILES string of the molecule is N#CC1CCCN1C(=O)CNC1CCC(Cn2ccnc2)C1. The Morgan fingerprint density at radius 3 is 3.09 bits per heavy atom. The summed E-state index contributed by atoms with van der Waals surface area (Å²) in [6, 6.07) is 2.42. The van der Waals surface area contributed by atoms with Crippen LogP contribution in [0, 0.1) is 17.2 Å². The molecule has 6 heteroatoms. The second-order valence-electron chi connectivity index (χ2n) is 6.39. The summed E-state index contributed by atoms with van der Waals surface area (Å²) in [5.41, 5.74) is 0. The van der Waals surface area contributed by atoms with Crippen LogP contribution in [-0.2, 0) is 11.3 Å². The first-order valence-electron chi connectivity index (χ1n) is 8.14. The van der Waals surface area contributed by atoms with E-state index < -0.39 is 0 Å². The molecule has 1 aliphatic heterocycles. The van der Waals surface area contributed by atoms with Crippen molar-refractivity contribution in [2.45, 2.75) is 50.7 Å². The first-order valence-corrected chi connectivity index (χ1v) is 8.14. The van der Waals surface area contributed by atoms with Gasteiger partial charge in [-0.3, -0.25) is 4.79 Å². The molecule has 2 heterocycles. The standard InChI is InChI=1S/C16H23N5O/c17-9-15-2-1-6-21(15)16(22)10-19-14-4-3-13(8-14)11-20-7-5-18-12-20/h5,7,12-15,19H,1-4,6,8,10-11H2. The van der Waals surface area contributed by atoms with Crippen molar-refractivity contribution in [2.75, 3.05) is 13.1 Å². The molecule has 3 rings (SSSR count). The highest BCUT2D eigenvalue weighted by molar-refractivity contribution is 5.79. The van der Waals surface area contributed by atoms with Crippen molar-refractivity contribution >= 4 is 5.91 Å². The first kappa shape index (κ1) is 15.0. The highest BCUT2D eigenvalue weighted by Gasteiger charge is 2.30. The molecule has 6 nitrogen and oxygen atoms in total. The van der Waals surface area contributed by atoms with Gasteiger partial charge in [-0.2, -0.15) is 5.26 Å². The Hall–Kier alpha value is -1.87. The Morgan fingerprint density at radius 1 is 1.41 bits per heavy atom. The van der Waals surface area contributed by atoms with E-state index in [1.54, 1.807) is 4.90 Å². The largest absolute Gasteiger partial charge is 0.337 e. The fourth-order valence-corrected chi connectivity index (χ4v) is 3.65. The van der Waals surface area contributed by atoms with Crippen LogP contribution >= 0.6 is 0 Å². The number of hydrogen-bond donors (Lipinski definition) is 1. The Kier molecular flexibility index (Phi) is 4.74. The van der Waals surface area contributed by atoms with Crippen LogP contribution in [0.2, 0.25) is 0 Å². The monoisotopic (exact) mass is 301 g/mol. The normalized spacial score (nSPS) is 28.0. The zero-order chi connectivity index (χ0) is 15.4. The summed E-state index contributed by atoms with van der Waals surface area (Å²) >= 11 is 0. The number of likely N-dealkylation sites (tertiary alicyclic amines) is 1. The number of hydrogen-bond acceptors (Lipinski definition) is 4. The average Bonchev–Trinajstić information content (AvgIpc) is 3.26. The van der Waals surface area contributed by atoms with Crippen molar-refractivity contribution in [3.05, 3.63) is 18.7 Å². The maximum absolute atomic E-state index is 12.2. The molecular formula is C16H23N5O. The zero-order valence-electron chi connectivity index (χ0n) is 12.8. The van der Waals surface area contributed by atoms with E-state index in [0.29, 0.717) is 18.5 Å². The fraction of sp³-hybridized carbons (Fsp3) is 0.688. The molecule has 1 aromatic rings. The number of nitrogens with zero attached hydrogens (tertiary/aromatic N) is 4. The van der Waals surface area contributed by atoms with Crippen LogP contribution in [0.5, 0.6) is 0 Å². The number of rotatable bonds is 5. The lowest BCUT2D eigenvalue weighted by Gasteiger charge is -2.21. The molecule has 0 aromatic carbocycles. The molecule has 1 aliphatic carbocycles. The minimum Gasteiger partial charge on any atom is -0.337 e. The topological polar surface area (TPSA) is 74.0 Å². The van der Waals surface area contributed by atoms with Crippen molar-refractivity contribution < 1.29 is 4.79 Å². The number of amides is 1. The van der Waals surface area contributed by atoms with Gasteiger partial charge in [0, 0.05) is 31.5 Å². The summed E-state index contributed by atoms with van der Waals surface area (Å²) in [5, 5.41) is 12.4. The molecule has 3 atom stereocenters. The number of nitriles is 1. The van der Waals surface area contributed by atoms with Crippen LogP contribution < -0.4 is 5.32 Å². The van der Waals surface area contributed by atoms with E-state index >= 15 is 0 Å². The average molecular weight is 301 g/mol. The predicted molar refractivity (Wildman–Crippen MR) is 81.7 cm³/mol. The highest BCUT2D eigenvalue weighted by Crippen LogP contribution is 2.27. The van der Waals surface area contributed by atoms with Crippen molar-refractivity contribution in [1.29, 1.82) is 5.26 Å². The Morgan fingerprint density at radius 2 is 2.32 bits per heavy atom. The molecule has 1 saturated heterocycles. The number of imidazole rings is 1. The van der Waals surface area contributed by atoms with Crippen molar-refractivity contribution in [1.82, 2.24) is 19.8 Å². The van der Waals surface area contributed by atoms with E-state index in [2.05, 4.69) is 20.9 Å². The summed E-state index contributed by atoms with van der Waals surface area (Å²) in [7, 11) is 0. The van der Waals surface area contributed by atoms with Gasteiger partial charge in [0.1, 0.15) is 6.04 Å².